The molecule has 0 saturated heterocycles. The smallest absolute Gasteiger partial charge is 0.135 e. The Kier molecular flexibility index (Phi) is 3.02. The number of carbonyl (C=O) groups is 1. The van der Waals surface area contributed by atoms with E-state index in [0.717, 1.165) is 24.8 Å². The van der Waals surface area contributed by atoms with Crippen LogP contribution in [0.4, 0.5) is 0 Å². The van der Waals surface area contributed by atoms with Crippen LogP contribution in [0.5, 0.6) is 0 Å². The third-order valence-corrected chi connectivity index (χ3v) is 4.17. The van der Waals surface area contributed by atoms with Crippen LogP contribution in [0.3, 0.4) is 0 Å². The molecule has 0 unspecified atom stereocenters. The van der Waals surface area contributed by atoms with Gasteiger partial charge in [-0.25, -0.2) is 0 Å². The monoisotopic (exact) mass is 220 g/mol. The lowest BCUT2D eigenvalue weighted by molar-refractivity contribution is -0.123. The largest absolute Gasteiger partial charge is 0.392 e. The molecule has 88 valence electrons. The third kappa shape index (κ3) is 1.86. The number of hydrogen-bond acceptors (Lipinski definition) is 2. The molecule has 2 rings (SSSR count). The zero-order chi connectivity index (χ0) is 11.9. The lowest BCUT2D eigenvalue weighted by Gasteiger charge is -2.17. The number of carbonyl (C=O) groups excluding carboxylic acids is 1. The number of ketones is 1. The second-order valence-electron chi connectivity index (χ2n) is 5.25. The minimum atomic E-state index is -0.532. The molecule has 1 fully saturated rings. The van der Waals surface area contributed by atoms with Crippen molar-refractivity contribution in [2.45, 2.75) is 45.6 Å². The third-order valence-electron chi connectivity index (χ3n) is 4.17. The SMILES string of the molecule is C=C1C[C@H](O)[C@H](C(C)=O)CC2=C(C)CC[C@@H]12. The van der Waals surface area contributed by atoms with Crippen LogP contribution in [-0.4, -0.2) is 17.0 Å². The van der Waals surface area contributed by atoms with E-state index in [4.69, 9.17) is 0 Å². The molecular weight excluding hydrogens is 200 g/mol. The van der Waals surface area contributed by atoms with Crippen LogP contribution in [0, 0.1) is 11.8 Å². The van der Waals surface area contributed by atoms with Gasteiger partial charge in [0.25, 0.3) is 0 Å². The van der Waals surface area contributed by atoms with E-state index >= 15 is 0 Å². The maximum absolute atomic E-state index is 11.6. The van der Waals surface area contributed by atoms with Crippen LogP contribution < -0.4 is 0 Å². The Morgan fingerprint density at radius 1 is 1.44 bits per heavy atom. The highest BCUT2D eigenvalue weighted by molar-refractivity contribution is 5.79. The Hall–Kier alpha value is -0.890. The molecule has 16 heavy (non-hydrogen) atoms. The van der Waals surface area contributed by atoms with Gasteiger partial charge in [0.1, 0.15) is 5.78 Å². The van der Waals surface area contributed by atoms with Crippen LogP contribution >= 0.6 is 0 Å². The minimum absolute atomic E-state index is 0.105. The van der Waals surface area contributed by atoms with E-state index in [2.05, 4.69) is 13.5 Å². The Bertz CT molecular complexity index is 365. The predicted molar refractivity (Wildman–Crippen MR) is 64.0 cm³/mol. The highest BCUT2D eigenvalue weighted by Gasteiger charge is 2.36. The van der Waals surface area contributed by atoms with Gasteiger partial charge in [-0.1, -0.05) is 23.3 Å². The van der Waals surface area contributed by atoms with E-state index < -0.39 is 6.10 Å². The lowest BCUT2D eigenvalue weighted by atomic mass is 9.89. The van der Waals surface area contributed by atoms with E-state index in [0.29, 0.717) is 12.3 Å². The van der Waals surface area contributed by atoms with Crippen LogP contribution in [0.15, 0.2) is 23.3 Å². The number of Topliss-reactive ketones (excluding diaryl/α,β-unsaturated/α-hetero) is 1. The van der Waals surface area contributed by atoms with Gasteiger partial charge in [0.15, 0.2) is 0 Å². The first kappa shape index (κ1) is 11.6. The molecule has 2 aliphatic rings. The molecule has 2 aliphatic carbocycles. The van der Waals surface area contributed by atoms with Crippen molar-refractivity contribution < 1.29 is 9.90 Å². The van der Waals surface area contributed by atoms with E-state index in [-0.39, 0.29) is 11.7 Å². The molecule has 1 saturated carbocycles. The summed E-state index contributed by atoms with van der Waals surface area (Å²) in [5.74, 6) is 0.317. The molecule has 0 spiro atoms. The Morgan fingerprint density at radius 3 is 2.75 bits per heavy atom. The number of aliphatic hydroxyl groups is 1. The maximum Gasteiger partial charge on any atom is 0.135 e. The highest BCUT2D eigenvalue weighted by Crippen LogP contribution is 2.44. The van der Waals surface area contributed by atoms with E-state index in [1.807, 2.05) is 0 Å². The maximum atomic E-state index is 11.6. The van der Waals surface area contributed by atoms with E-state index in [9.17, 15) is 9.90 Å². The van der Waals surface area contributed by atoms with Gasteiger partial charge in [0, 0.05) is 11.8 Å². The first-order chi connectivity index (χ1) is 7.50. The van der Waals surface area contributed by atoms with Gasteiger partial charge < -0.3 is 5.11 Å². The standard InChI is InChI=1S/C14H20O2/c1-8-4-5-11-9(2)6-14(16)13(10(3)15)7-12(8)11/h11,13-14,16H,2,4-7H2,1,3H3/t11-,13-,14-/m0/s1. The molecule has 3 atom stereocenters. The van der Waals surface area contributed by atoms with Crippen molar-refractivity contribution in [3.05, 3.63) is 23.3 Å². The first-order valence-corrected chi connectivity index (χ1v) is 6.05. The van der Waals surface area contributed by atoms with Crippen LogP contribution in [0.25, 0.3) is 0 Å². The fourth-order valence-corrected chi connectivity index (χ4v) is 3.10. The molecule has 0 aliphatic heterocycles. The van der Waals surface area contributed by atoms with Crippen molar-refractivity contribution in [1.29, 1.82) is 0 Å². The summed E-state index contributed by atoms with van der Waals surface area (Å²) in [5, 5.41) is 10.0. The molecule has 1 N–H and O–H groups in total. The van der Waals surface area contributed by atoms with Crippen molar-refractivity contribution in [3.63, 3.8) is 0 Å². The number of aliphatic hydroxyl groups excluding tert-OH is 1. The summed E-state index contributed by atoms with van der Waals surface area (Å²) >= 11 is 0. The lowest BCUT2D eigenvalue weighted by Crippen LogP contribution is -2.25. The Morgan fingerprint density at radius 2 is 2.12 bits per heavy atom. The van der Waals surface area contributed by atoms with Crippen molar-refractivity contribution in [3.8, 4) is 0 Å². The van der Waals surface area contributed by atoms with Gasteiger partial charge >= 0.3 is 0 Å². The number of allylic oxidation sites excluding steroid dienone is 2. The number of rotatable bonds is 1. The second kappa shape index (κ2) is 4.17. The average molecular weight is 220 g/mol. The van der Waals surface area contributed by atoms with Crippen molar-refractivity contribution in [1.82, 2.24) is 0 Å². The molecule has 0 aromatic carbocycles. The topological polar surface area (TPSA) is 37.3 Å². The van der Waals surface area contributed by atoms with E-state index in [1.165, 1.54) is 11.1 Å². The molecular formula is C14H20O2. The quantitative estimate of drug-likeness (QED) is 0.690. The van der Waals surface area contributed by atoms with E-state index in [1.54, 1.807) is 6.92 Å². The molecule has 0 aromatic heterocycles. The normalized spacial score (nSPS) is 34.9. The summed E-state index contributed by atoms with van der Waals surface area (Å²) in [6, 6.07) is 0. The summed E-state index contributed by atoms with van der Waals surface area (Å²) in [6.45, 7) is 7.83. The average Bonchev–Trinajstić information content (AvgIpc) is 2.49. The summed E-state index contributed by atoms with van der Waals surface area (Å²) in [5.41, 5.74) is 3.90. The molecule has 0 aromatic rings. The van der Waals surface area contributed by atoms with Crippen LogP contribution in [-0.2, 0) is 4.79 Å². The van der Waals surface area contributed by atoms with Crippen molar-refractivity contribution in [2.24, 2.45) is 11.8 Å². The van der Waals surface area contributed by atoms with Gasteiger partial charge in [-0.05, 0) is 39.5 Å². The van der Waals surface area contributed by atoms with Crippen molar-refractivity contribution >= 4 is 5.78 Å². The Balaban J connectivity index is 2.33. The molecule has 0 heterocycles. The highest BCUT2D eigenvalue weighted by atomic mass is 16.3. The molecule has 0 bridgehead atoms. The number of hydrogen-bond donors (Lipinski definition) is 1. The van der Waals surface area contributed by atoms with Gasteiger partial charge in [-0.2, -0.15) is 0 Å². The molecule has 2 heteroatoms. The van der Waals surface area contributed by atoms with Gasteiger partial charge in [-0.15, -0.1) is 0 Å². The summed E-state index contributed by atoms with van der Waals surface area (Å²) < 4.78 is 0. The van der Waals surface area contributed by atoms with Gasteiger partial charge in [0.2, 0.25) is 0 Å². The summed E-state index contributed by atoms with van der Waals surface area (Å²) in [7, 11) is 0. The van der Waals surface area contributed by atoms with Crippen molar-refractivity contribution in [2.75, 3.05) is 0 Å². The second-order valence-corrected chi connectivity index (χ2v) is 5.25. The van der Waals surface area contributed by atoms with Gasteiger partial charge in [0.05, 0.1) is 6.10 Å². The number of fused-ring (bicyclic) bond motifs is 1. The molecule has 0 amide bonds. The fraction of sp³-hybridized carbons (Fsp3) is 0.643. The molecule has 0 radical (unpaired) electrons. The van der Waals surface area contributed by atoms with Crippen LogP contribution in [0.1, 0.15) is 39.5 Å². The van der Waals surface area contributed by atoms with Gasteiger partial charge in [-0.3, -0.25) is 4.79 Å². The van der Waals surface area contributed by atoms with Crippen LogP contribution in [0.2, 0.25) is 0 Å². The Labute approximate surface area is 97.0 Å². The fourth-order valence-electron chi connectivity index (χ4n) is 3.10. The molecule has 2 nitrogen and oxygen atoms in total. The minimum Gasteiger partial charge on any atom is -0.392 e. The predicted octanol–water partition coefficient (Wildman–Crippen LogP) is 2.63. The zero-order valence-electron chi connectivity index (χ0n) is 10.1. The zero-order valence-corrected chi connectivity index (χ0v) is 10.1. The summed E-state index contributed by atoms with van der Waals surface area (Å²) in [6.07, 6.45) is 3.05. The summed E-state index contributed by atoms with van der Waals surface area (Å²) in [4.78, 5) is 11.6. The first-order valence-electron chi connectivity index (χ1n) is 6.05.